The van der Waals surface area contributed by atoms with Crippen molar-refractivity contribution in [3.8, 4) is 0 Å². The number of fused-ring (bicyclic) bond motifs is 1. The molecule has 4 nitrogen and oxygen atoms in total. The number of carbonyl (C=O) groups is 1. The molecule has 0 bridgehead atoms. The molecular weight excluding hydrogens is 240 g/mol. The molecule has 2 rings (SSSR count). The molecule has 0 aliphatic rings. The molecule has 0 aliphatic carbocycles. The zero-order chi connectivity index (χ0) is 13.8. The Morgan fingerprint density at radius 1 is 1.32 bits per heavy atom. The van der Waals surface area contributed by atoms with Crippen molar-refractivity contribution in [1.82, 2.24) is 4.98 Å². The highest BCUT2D eigenvalue weighted by atomic mass is 16.5. The molecule has 4 heteroatoms. The molecule has 0 spiro atoms. The number of nitrogens with one attached hydrogen (secondary N) is 2. The first-order chi connectivity index (χ1) is 9.06. The Balaban J connectivity index is 1.97. The van der Waals surface area contributed by atoms with Crippen molar-refractivity contribution < 1.29 is 9.53 Å². The largest absolute Gasteiger partial charge is 0.464 e. The number of hydrogen-bond acceptors (Lipinski definition) is 3. The number of rotatable bonds is 5. The van der Waals surface area contributed by atoms with Gasteiger partial charge < -0.3 is 15.0 Å². The fraction of sp³-hybridized carbons (Fsp3) is 0.400. The van der Waals surface area contributed by atoms with E-state index >= 15 is 0 Å². The average molecular weight is 260 g/mol. The van der Waals surface area contributed by atoms with E-state index in [-0.39, 0.29) is 12.0 Å². The molecule has 0 aliphatic heterocycles. The van der Waals surface area contributed by atoms with Gasteiger partial charge in [-0.1, -0.05) is 13.8 Å². The van der Waals surface area contributed by atoms with E-state index in [2.05, 4.69) is 10.3 Å². The van der Waals surface area contributed by atoms with E-state index in [1.807, 2.05) is 51.2 Å². The van der Waals surface area contributed by atoms with Gasteiger partial charge in [-0.25, -0.2) is 4.79 Å². The minimum Gasteiger partial charge on any atom is -0.464 e. The lowest BCUT2D eigenvalue weighted by molar-refractivity contribution is -0.145. The van der Waals surface area contributed by atoms with Gasteiger partial charge in [0, 0.05) is 22.8 Å². The Kier molecular flexibility index (Phi) is 4.10. The first-order valence-electron chi connectivity index (χ1n) is 6.56. The zero-order valence-electron chi connectivity index (χ0n) is 11.6. The summed E-state index contributed by atoms with van der Waals surface area (Å²) in [4.78, 5) is 14.9. The topological polar surface area (TPSA) is 54.1 Å². The quantitative estimate of drug-likeness (QED) is 0.812. The summed E-state index contributed by atoms with van der Waals surface area (Å²) in [5.74, 6) is 0.134. The minimum atomic E-state index is -0.352. The van der Waals surface area contributed by atoms with Crippen LogP contribution in [0.1, 0.15) is 20.8 Å². The van der Waals surface area contributed by atoms with E-state index in [1.165, 1.54) is 0 Å². The van der Waals surface area contributed by atoms with Gasteiger partial charge >= 0.3 is 5.97 Å². The third kappa shape index (κ3) is 3.50. The van der Waals surface area contributed by atoms with Crippen LogP contribution >= 0.6 is 0 Å². The van der Waals surface area contributed by atoms with Gasteiger partial charge in [0.05, 0.1) is 6.61 Å². The molecule has 0 saturated carbocycles. The molecule has 0 fully saturated rings. The standard InChI is InChI=1S/C15H20N2O2/c1-10(2)9-19-15(18)11(3)17-13-4-5-14-12(8-13)6-7-16-14/h4-8,10-11,16-17H,9H2,1-3H3. The van der Waals surface area contributed by atoms with Crippen LogP contribution in [0.3, 0.4) is 0 Å². The maximum Gasteiger partial charge on any atom is 0.328 e. The van der Waals surface area contributed by atoms with Crippen LogP contribution in [-0.2, 0) is 9.53 Å². The number of aromatic amines is 1. The summed E-state index contributed by atoms with van der Waals surface area (Å²) in [5.41, 5.74) is 2.00. The van der Waals surface area contributed by atoms with E-state index in [9.17, 15) is 4.79 Å². The molecule has 2 aromatic rings. The van der Waals surface area contributed by atoms with Crippen molar-refractivity contribution >= 4 is 22.6 Å². The molecule has 102 valence electrons. The molecule has 0 radical (unpaired) electrons. The van der Waals surface area contributed by atoms with E-state index in [0.717, 1.165) is 16.6 Å². The Labute approximate surface area is 113 Å². The summed E-state index contributed by atoms with van der Waals surface area (Å²) in [6, 6.07) is 7.60. The molecule has 1 aromatic heterocycles. The van der Waals surface area contributed by atoms with Gasteiger partial charge in [0.1, 0.15) is 6.04 Å². The van der Waals surface area contributed by atoms with Crippen molar-refractivity contribution in [3.05, 3.63) is 30.5 Å². The van der Waals surface area contributed by atoms with E-state index < -0.39 is 0 Å². The highest BCUT2D eigenvalue weighted by molar-refractivity contribution is 5.85. The lowest BCUT2D eigenvalue weighted by Crippen LogP contribution is -2.29. The van der Waals surface area contributed by atoms with Crippen LogP contribution < -0.4 is 5.32 Å². The molecule has 1 aromatic carbocycles. The van der Waals surface area contributed by atoms with Gasteiger partial charge in [-0.05, 0) is 37.1 Å². The van der Waals surface area contributed by atoms with Gasteiger partial charge in [-0.2, -0.15) is 0 Å². The second kappa shape index (κ2) is 5.78. The molecule has 0 saturated heterocycles. The minimum absolute atomic E-state index is 0.220. The first-order valence-corrected chi connectivity index (χ1v) is 6.56. The number of carbonyl (C=O) groups excluding carboxylic acids is 1. The number of benzene rings is 1. The van der Waals surface area contributed by atoms with Crippen LogP contribution in [0.5, 0.6) is 0 Å². The predicted octanol–water partition coefficient (Wildman–Crippen LogP) is 3.17. The van der Waals surface area contributed by atoms with Gasteiger partial charge in [0.15, 0.2) is 0 Å². The van der Waals surface area contributed by atoms with Crippen LogP contribution in [0.4, 0.5) is 5.69 Å². The van der Waals surface area contributed by atoms with E-state index in [4.69, 9.17) is 4.74 Å². The normalized spacial score (nSPS) is 12.6. The Hall–Kier alpha value is -1.97. The Morgan fingerprint density at radius 2 is 2.11 bits per heavy atom. The van der Waals surface area contributed by atoms with E-state index in [1.54, 1.807) is 0 Å². The number of H-pyrrole nitrogens is 1. The number of hydrogen-bond donors (Lipinski definition) is 2. The predicted molar refractivity (Wildman–Crippen MR) is 77.2 cm³/mol. The van der Waals surface area contributed by atoms with E-state index in [0.29, 0.717) is 12.5 Å². The molecular formula is C15H20N2O2. The van der Waals surface area contributed by atoms with Crippen molar-refractivity contribution in [1.29, 1.82) is 0 Å². The molecule has 0 amide bonds. The molecule has 1 atom stereocenters. The lowest BCUT2D eigenvalue weighted by atomic mass is 10.2. The molecule has 19 heavy (non-hydrogen) atoms. The van der Waals surface area contributed by atoms with Crippen LogP contribution in [0.15, 0.2) is 30.5 Å². The second-order valence-electron chi connectivity index (χ2n) is 5.17. The summed E-state index contributed by atoms with van der Waals surface area (Å²) >= 11 is 0. The van der Waals surface area contributed by atoms with Crippen LogP contribution in [0.25, 0.3) is 10.9 Å². The smallest absolute Gasteiger partial charge is 0.328 e. The molecule has 2 N–H and O–H groups in total. The Morgan fingerprint density at radius 3 is 2.84 bits per heavy atom. The van der Waals surface area contributed by atoms with Crippen LogP contribution in [0.2, 0.25) is 0 Å². The highest BCUT2D eigenvalue weighted by Gasteiger charge is 2.14. The van der Waals surface area contributed by atoms with Crippen molar-refractivity contribution in [2.45, 2.75) is 26.8 Å². The number of aromatic nitrogens is 1. The second-order valence-corrected chi connectivity index (χ2v) is 5.17. The zero-order valence-corrected chi connectivity index (χ0v) is 11.6. The number of anilines is 1. The maximum absolute atomic E-state index is 11.8. The SMILES string of the molecule is CC(C)COC(=O)C(C)Nc1ccc2[nH]ccc2c1. The number of ether oxygens (including phenoxy) is 1. The van der Waals surface area contributed by atoms with Gasteiger partial charge in [-0.3, -0.25) is 0 Å². The fourth-order valence-corrected chi connectivity index (χ4v) is 1.83. The van der Waals surface area contributed by atoms with Crippen LogP contribution in [0, 0.1) is 5.92 Å². The summed E-state index contributed by atoms with van der Waals surface area (Å²) < 4.78 is 5.20. The summed E-state index contributed by atoms with van der Waals surface area (Å²) in [6.07, 6.45) is 1.90. The summed E-state index contributed by atoms with van der Waals surface area (Å²) in [5, 5.41) is 4.28. The van der Waals surface area contributed by atoms with Crippen molar-refractivity contribution in [2.24, 2.45) is 5.92 Å². The third-order valence-corrected chi connectivity index (χ3v) is 2.85. The maximum atomic E-state index is 11.8. The van der Waals surface area contributed by atoms with Crippen molar-refractivity contribution in [2.75, 3.05) is 11.9 Å². The van der Waals surface area contributed by atoms with Crippen LogP contribution in [-0.4, -0.2) is 23.6 Å². The summed E-state index contributed by atoms with van der Waals surface area (Å²) in [7, 11) is 0. The fourth-order valence-electron chi connectivity index (χ4n) is 1.83. The lowest BCUT2D eigenvalue weighted by Gasteiger charge is -2.15. The Bertz CT molecular complexity index is 560. The average Bonchev–Trinajstić information content (AvgIpc) is 2.83. The van der Waals surface area contributed by atoms with Gasteiger partial charge in [0.25, 0.3) is 0 Å². The monoisotopic (exact) mass is 260 g/mol. The third-order valence-electron chi connectivity index (χ3n) is 2.85. The molecule has 1 unspecified atom stereocenters. The van der Waals surface area contributed by atoms with Gasteiger partial charge in [0.2, 0.25) is 0 Å². The van der Waals surface area contributed by atoms with Crippen molar-refractivity contribution in [3.63, 3.8) is 0 Å². The highest BCUT2D eigenvalue weighted by Crippen LogP contribution is 2.18. The number of esters is 1. The summed E-state index contributed by atoms with van der Waals surface area (Å²) in [6.45, 7) is 6.31. The first kappa shape index (κ1) is 13.5. The van der Waals surface area contributed by atoms with Gasteiger partial charge in [-0.15, -0.1) is 0 Å². The molecule has 1 heterocycles.